The summed E-state index contributed by atoms with van der Waals surface area (Å²) >= 11 is 0. The number of H-pyrrole nitrogens is 1. The molecule has 0 spiro atoms. The number of aromatic nitrogens is 3. The fourth-order valence-corrected chi connectivity index (χ4v) is 4.32. The van der Waals surface area contributed by atoms with Gasteiger partial charge in [-0.25, -0.2) is 9.50 Å². The monoisotopic (exact) mass is 500 g/mol. The molecular weight excluding hydrogens is 460 g/mol. The Balaban J connectivity index is 1.40. The number of ether oxygens (including phenoxy) is 1. The van der Waals surface area contributed by atoms with Crippen molar-refractivity contribution in [2.45, 2.75) is 71.6 Å². The molecule has 0 fully saturated rings. The van der Waals surface area contributed by atoms with E-state index in [1.54, 1.807) is 0 Å². The zero-order chi connectivity index (χ0) is 26.6. The SMILES string of the molecule is CCC(C)(C)c1ccc(OCCCNc2cc(=O)n3[nH]c(-c4ccccc4)cc3n2)c(C(C)(C)CC)c1. The van der Waals surface area contributed by atoms with Gasteiger partial charge in [0.15, 0.2) is 5.65 Å². The molecule has 196 valence electrons. The van der Waals surface area contributed by atoms with Crippen molar-refractivity contribution in [3.8, 4) is 17.0 Å². The van der Waals surface area contributed by atoms with Crippen molar-refractivity contribution >= 4 is 11.5 Å². The highest BCUT2D eigenvalue weighted by Gasteiger charge is 2.26. The summed E-state index contributed by atoms with van der Waals surface area (Å²) in [7, 11) is 0. The van der Waals surface area contributed by atoms with Gasteiger partial charge in [-0.3, -0.25) is 9.89 Å². The average Bonchev–Trinajstić information content (AvgIpc) is 3.34. The van der Waals surface area contributed by atoms with Crippen LogP contribution in [0.4, 0.5) is 5.82 Å². The topological polar surface area (TPSA) is 71.4 Å². The van der Waals surface area contributed by atoms with Gasteiger partial charge in [-0.2, -0.15) is 0 Å². The first-order valence-electron chi connectivity index (χ1n) is 13.3. The Labute approximate surface area is 220 Å². The molecular formula is C31H40N4O2. The van der Waals surface area contributed by atoms with Gasteiger partial charge in [-0.15, -0.1) is 0 Å². The number of fused-ring (bicyclic) bond motifs is 1. The zero-order valence-electron chi connectivity index (χ0n) is 23.0. The lowest BCUT2D eigenvalue weighted by Gasteiger charge is -2.30. The molecule has 0 aliphatic rings. The van der Waals surface area contributed by atoms with Crippen LogP contribution in [0.2, 0.25) is 0 Å². The van der Waals surface area contributed by atoms with Crippen LogP contribution < -0.4 is 15.6 Å². The molecule has 0 atom stereocenters. The van der Waals surface area contributed by atoms with Crippen LogP contribution in [0.15, 0.2) is 65.5 Å². The van der Waals surface area contributed by atoms with Crippen LogP contribution in [0.3, 0.4) is 0 Å². The molecule has 0 bridgehead atoms. The Morgan fingerprint density at radius 1 is 0.946 bits per heavy atom. The predicted molar refractivity (Wildman–Crippen MR) is 153 cm³/mol. The smallest absolute Gasteiger partial charge is 0.274 e. The second-order valence-corrected chi connectivity index (χ2v) is 11.0. The van der Waals surface area contributed by atoms with Crippen molar-refractivity contribution in [1.29, 1.82) is 0 Å². The molecule has 4 aromatic rings. The molecule has 0 amide bonds. The van der Waals surface area contributed by atoms with Crippen LogP contribution >= 0.6 is 0 Å². The fourth-order valence-electron chi connectivity index (χ4n) is 4.32. The third kappa shape index (κ3) is 5.90. The molecule has 0 saturated carbocycles. The Kier molecular flexibility index (Phi) is 7.76. The molecule has 6 heteroatoms. The molecule has 2 aromatic heterocycles. The van der Waals surface area contributed by atoms with Gasteiger partial charge >= 0.3 is 0 Å². The maximum absolute atomic E-state index is 12.6. The van der Waals surface area contributed by atoms with Gasteiger partial charge in [0, 0.05) is 24.2 Å². The summed E-state index contributed by atoms with van der Waals surface area (Å²) in [6.07, 6.45) is 2.91. The summed E-state index contributed by atoms with van der Waals surface area (Å²) in [6, 6.07) is 20.0. The van der Waals surface area contributed by atoms with Gasteiger partial charge in [-0.1, -0.05) is 84.0 Å². The minimum atomic E-state index is -0.146. The number of anilines is 1. The number of hydrogen-bond donors (Lipinski definition) is 2. The molecule has 0 aliphatic carbocycles. The minimum Gasteiger partial charge on any atom is -0.493 e. The molecule has 2 heterocycles. The van der Waals surface area contributed by atoms with Crippen LogP contribution in [0.25, 0.3) is 16.9 Å². The Hall–Kier alpha value is -3.54. The highest BCUT2D eigenvalue weighted by molar-refractivity contribution is 5.64. The number of aromatic amines is 1. The van der Waals surface area contributed by atoms with Gasteiger partial charge in [0.25, 0.3) is 5.56 Å². The summed E-state index contributed by atoms with van der Waals surface area (Å²) in [6.45, 7) is 14.9. The van der Waals surface area contributed by atoms with Gasteiger partial charge < -0.3 is 10.1 Å². The molecule has 6 nitrogen and oxygen atoms in total. The molecule has 2 N–H and O–H groups in total. The van der Waals surface area contributed by atoms with Crippen LogP contribution in [0.1, 0.15) is 71.9 Å². The third-order valence-corrected chi connectivity index (χ3v) is 7.68. The normalized spacial score (nSPS) is 12.2. The van der Waals surface area contributed by atoms with Gasteiger partial charge in [0.05, 0.1) is 12.3 Å². The first-order chi connectivity index (χ1) is 17.6. The standard InChI is InChI=1S/C31H40N4O2/c1-7-30(3,4)23-15-16-26(24(19-23)31(5,6)8-2)37-18-12-17-32-27-21-29(36)35-28(33-27)20-25(34-35)22-13-10-9-11-14-22/h9-11,13-16,19-21,32,34H,7-8,12,17-18H2,1-6H3. The molecule has 0 radical (unpaired) electrons. The van der Waals surface area contributed by atoms with Crippen molar-refractivity contribution in [3.63, 3.8) is 0 Å². The van der Waals surface area contributed by atoms with E-state index in [-0.39, 0.29) is 16.4 Å². The summed E-state index contributed by atoms with van der Waals surface area (Å²) in [4.78, 5) is 17.2. The highest BCUT2D eigenvalue weighted by atomic mass is 16.5. The van der Waals surface area contributed by atoms with Crippen LogP contribution in [0, 0.1) is 0 Å². The first-order valence-corrected chi connectivity index (χ1v) is 13.3. The molecule has 37 heavy (non-hydrogen) atoms. The Morgan fingerprint density at radius 2 is 1.68 bits per heavy atom. The molecule has 0 aliphatic heterocycles. The fraction of sp³-hybridized carbons (Fsp3) is 0.419. The van der Waals surface area contributed by atoms with E-state index >= 15 is 0 Å². The highest BCUT2D eigenvalue weighted by Crippen LogP contribution is 2.38. The molecule has 0 unspecified atom stereocenters. The number of hydrogen-bond acceptors (Lipinski definition) is 4. The van der Waals surface area contributed by atoms with Crippen molar-refractivity contribution in [3.05, 3.63) is 82.1 Å². The largest absolute Gasteiger partial charge is 0.493 e. The average molecular weight is 501 g/mol. The molecule has 4 rings (SSSR count). The lowest BCUT2D eigenvalue weighted by Crippen LogP contribution is -2.21. The van der Waals surface area contributed by atoms with E-state index in [9.17, 15) is 4.79 Å². The maximum atomic E-state index is 12.6. The van der Waals surface area contributed by atoms with E-state index in [2.05, 4.69) is 75.1 Å². The predicted octanol–water partition coefficient (Wildman–Crippen LogP) is 6.95. The number of rotatable bonds is 11. The summed E-state index contributed by atoms with van der Waals surface area (Å²) in [5.41, 5.74) is 5.10. The van der Waals surface area contributed by atoms with Gasteiger partial charge in [0.2, 0.25) is 0 Å². The Morgan fingerprint density at radius 3 is 2.38 bits per heavy atom. The van der Waals surface area contributed by atoms with Crippen molar-refractivity contribution in [2.75, 3.05) is 18.5 Å². The van der Waals surface area contributed by atoms with Crippen molar-refractivity contribution in [1.82, 2.24) is 14.6 Å². The van der Waals surface area contributed by atoms with Gasteiger partial charge in [-0.05, 0) is 47.3 Å². The summed E-state index contributed by atoms with van der Waals surface area (Å²) in [5.74, 6) is 1.53. The van der Waals surface area contributed by atoms with E-state index < -0.39 is 0 Å². The van der Waals surface area contributed by atoms with E-state index in [1.165, 1.54) is 21.7 Å². The Bertz CT molecular complexity index is 1400. The van der Waals surface area contributed by atoms with Gasteiger partial charge in [0.1, 0.15) is 11.6 Å². The second kappa shape index (κ2) is 10.8. The molecule has 2 aromatic carbocycles. The van der Waals surface area contributed by atoms with E-state index in [0.717, 1.165) is 36.3 Å². The number of nitrogens with one attached hydrogen (secondary N) is 2. The summed E-state index contributed by atoms with van der Waals surface area (Å²) < 4.78 is 7.75. The van der Waals surface area contributed by atoms with Crippen LogP contribution in [-0.4, -0.2) is 27.7 Å². The lowest BCUT2D eigenvalue weighted by atomic mass is 9.76. The van der Waals surface area contributed by atoms with Crippen molar-refractivity contribution in [2.24, 2.45) is 0 Å². The van der Waals surface area contributed by atoms with Crippen LogP contribution in [0.5, 0.6) is 5.75 Å². The van der Waals surface area contributed by atoms with E-state index in [4.69, 9.17) is 4.74 Å². The quantitative estimate of drug-likeness (QED) is 0.219. The number of benzene rings is 2. The number of nitrogens with zero attached hydrogens (tertiary/aromatic N) is 2. The first kappa shape index (κ1) is 26.5. The van der Waals surface area contributed by atoms with E-state index in [1.807, 2.05) is 36.4 Å². The van der Waals surface area contributed by atoms with Crippen molar-refractivity contribution < 1.29 is 4.74 Å². The third-order valence-electron chi connectivity index (χ3n) is 7.68. The maximum Gasteiger partial charge on any atom is 0.274 e. The van der Waals surface area contributed by atoms with Crippen LogP contribution in [-0.2, 0) is 10.8 Å². The summed E-state index contributed by atoms with van der Waals surface area (Å²) in [5, 5.41) is 6.42. The lowest BCUT2D eigenvalue weighted by molar-refractivity contribution is 0.303. The molecule has 0 saturated heterocycles. The minimum absolute atomic E-state index is 0.0318. The zero-order valence-corrected chi connectivity index (χ0v) is 23.0. The second-order valence-electron chi connectivity index (χ2n) is 11.0. The van der Waals surface area contributed by atoms with E-state index in [0.29, 0.717) is 24.6 Å².